The topological polar surface area (TPSA) is 49.8 Å². The van der Waals surface area contributed by atoms with Gasteiger partial charge in [-0.15, -0.1) is 0 Å². The maximum atomic E-state index is 12.2. The largest absolute Gasteiger partial charge is 0.444 e. The number of carbonyl (C=O) groups is 1. The number of benzene rings is 1. The van der Waals surface area contributed by atoms with E-state index >= 15 is 0 Å². The van der Waals surface area contributed by atoms with Crippen molar-refractivity contribution in [1.82, 2.24) is 4.90 Å². The number of ether oxygens (including phenoxy) is 1. The Morgan fingerprint density at radius 2 is 1.81 bits per heavy atom. The van der Waals surface area contributed by atoms with Crippen molar-refractivity contribution in [2.45, 2.75) is 52.4 Å². The smallest absolute Gasteiger partial charge is 0.410 e. The minimum absolute atomic E-state index is 0.0678. The third-order valence-electron chi connectivity index (χ3n) is 2.88. The Morgan fingerprint density at radius 3 is 2.24 bits per heavy atom. The van der Waals surface area contributed by atoms with Crippen LogP contribution in [-0.4, -0.2) is 34.3 Å². The summed E-state index contributed by atoms with van der Waals surface area (Å²) in [6.45, 7) is 9.41. The molecule has 0 saturated heterocycles. The van der Waals surface area contributed by atoms with Crippen molar-refractivity contribution in [3.8, 4) is 0 Å². The van der Waals surface area contributed by atoms with Crippen LogP contribution in [0.2, 0.25) is 5.02 Å². The molecular formula is C16H24ClNO3. The molecule has 0 fully saturated rings. The highest BCUT2D eigenvalue weighted by Crippen LogP contribution is 2.20. The number of aliphatic hydroxyl groups is 1. The van der Waals surface area contributed by atoms with Crippen molar-refractivity contribution in [3.05, 3.63) is 34.9 Å². The van der Waals surface area contributed by atoms with Gasteiger partial charge in [-0.1, -0.05) is 23.7 Å². The predicted octanol–water partition coefficient (Wildman–Crippen LogP) is 4.02. The SMILES string of the molecule is CC(C)N(CC(O)c1ccc(Cl)cc1)C(=O)OC(C)(C)C. The average Bonchev–Trinajstić information content (AvgIpc) is 2.33. The lowest BCUT2D eigenvalue weighted by Gasteiger charge is -2.31. The van der Waals surface area contributed by atoms with Gasteiger partial charge in [-0.3, -0.25) is 0 Å². The van der Waals surface area contributed by atoms with Crippen LogP contribution in [0.25, 0.3) is 0 Å². The van der Waals surface area contributed by atoms with Crippen LogP contribution in [0.15, 0.2) is 24.3 Å². The highest BCUT2D eigenvalue weighted by molar-refractivity contribution is 6.30. The standard InChI is InChI=1S/C16H24ClNO3/c1-11(2)18(15(20)21-16(3,4)5)10-14(19)12-6-8-13(17)9-7-12/h6-9,11,14,19H,10H2,1-5H3. The van der Waals surface area contributed by atoms with Crippen LogP contribution < -0.4 is 0 Å². The van der Waals surface area contributed by atoms with E-state index in [-0.39, 0.29) is 12.6 Å². The zero-order valence-corrected chi connectivity index (χ0v) is 14.0. The number of rotatable bonds is 4. The van der Waals surface area contributed by atoms with Gasteiger partial charge in [-0.25, -0.2) is 4.79 Å². The van der Waals surface area contributed by atoms with Gasteiger partial charge in [0.1, 0.15) is 5.60 Å². The lowest BCUT2D eigenvalue weighted by molar-refractivity contribution is 0.00726. The molecule has 1 N–H and O–H groups in total. The molecule has 5 heteroatoms. The van der Waals surface area contributed by atoms with E-state index in [4.69, 9.17) is 16.3 Å². The molecule has 0 bridgehead atoms. The quantitative estimate of drug-likeness (QED) is 0.913. The van der Waals surface area contributed by atoms with E-state index in [0.29, 0.717) is 10.6 Å². The van der Waals surface area contributed by atoms with Gasteiger partial charge < -0.3 is 14.7 Å². The Hall–Kier alpha value is -1.26. The molecule has 0 aliphatic rings. The molecule has 4 nitrogen and oxygen atoms in total. The maximum absolute atomic E-state index is 12.2. The molecule has 1 aromatic rings. The van der Waals surface area contributed by atoms with Crippen molar-refractivity contribution in [1.29, 1.82) is 0 Å². The number of halogens is 1. The molecule has 0 aliphatic heterocycles. The molecule has 0 spiro atoms. The minimum Gasteiger partial charge on any atom is -0.444 e. The summed E-state index contributed by atoms with van der Waals surface area (Å²) < 4.78 is 5.37. The second-order valence-corrected chi connectivity index (χ2v) is 6.73. The van der Waals surface area contributed by atoms with Crippen LogP contribution in [0.4, 0.5) is 4.79 Å². The van der Waals surface area contributed by atoms with Crippen LogP contribution in [0.1, 0.15) is 46.3 Å². The summed E-state index contributed by atoms with van der Waals surface area (Å²) in [5.74, 6) is 0. The summed E-state index contributed by atoms with van der Waals surface area (Å²) in [6.07, 6.45) is -1.21. The number of amides is 1. The number of hydrogen-bond donors (Lipinski definition) is 1. The highest BCUT2D eigenvalue weighted by Gasteiger charge is 2.26. The fraction of sp³-hybridized carbons (Fsp3) is 0.562. The van der Waals surface area contributed by atoms with Crippen LogP contribution >= 0.6 is 11.6 Å². The minimum atomic E-state index is -0.780. The molecule has 0 saturated carbocycles. The van der Waals surface area contributed by atoms with Crippen LogP contribution in [-0.2, 0) is 4.74 Å². The second-order valence-electron chi connectivity index (χ2n) is 6.29. The zero-order valence-electron chi connectivity index (χ0n) is 13.3. The van der Waals surface area contributed by atoms with Crippen LogP contribution in [0.5, 0.6) is 0 Å². The Kier molecular flexibility index (Phi) is 6.05. The van der Waals surface area contributed by atoms with E-state index in [0.717, 1.165) is 0 Å². The summed E-state index contributed by atoms with van der Waals surface area (Å²) in [5, 5.41) is 10.9. The molecule has 1 rings (SSSR count). The van der Waals surface area contributed by atoms with Gasteiger partial charge in [-0.05, 0) is 52.3 Å². The van der Waals surface area contributed by atoms with E-state index in [2.05, 4.69) is 0 Å². The van der Waals surface area contributed by atoms with Gasteiger partial charge in [-0.2, -0.15) is 0 Å². The normalized spacial score (nSPS) is 13.1. The Morgan fingerprint density at radius 1 is 1.29 bits per heavy atom. The first-order valence-electron chi connectivity index (χ1n) is 7.03. The molecule has 118 valence electrons. The van der Waals surface area contributed by atoms with Gasteiger partial charge in [0.25, 0.3) is 0 Å². The highest BCUT2D eigenvalue weighted by atomic mass is 35.5. The maximum Gasteiger partial charge on any atom is 0.410 e. The Balaban J connectivity index is 2.78. The number of carbonyl (C=O) groups excluding carboxylic acids is 1. The van der Waals surface area contributed by atoms with Crippen molar-refractivity contribution >= 4 is 17.7 Å². The summed E-state index contributed by atoms with van der Waals surface area (Å²) in [4.78, 5) is 13.7. The molecule has 0 aromatic heterocycles. The van der Waals surface area contributed by atoms with Crippen molar-refractivity contribution in [2.75, 3.05) is 6.54 Å². The molecule has 0 radical (unpaired) electrons. The third kappa shape index (κ3) is 5.94. The van der Waals surface area contributed by atoms with E-state index in [9.17, 15) is 9.90 Å². The lowest BCUT2D eigenvalue weighted by Crippen LogP contribution is -2.43. The average molecular weight is 314 g/mol. The second kappa shape index (κ2) is 7.14. The fourth-order valence-electron chi connectivity index (χ4n) is 1.79. The molecule has 0 heterocycles. The summed E-state index contributed by atoms with van der Waals surface area (Å²) in [6, 6.07) is 6.86. The number of aliphatic hydroxyl groups excluding tert-OH is 1. The van der Waals surface area contributed by atoms with Crippen LogP contribution in [0, 0.1) is 0 Å². The third-order valence-corrected chi connectivity index (χ3v) is 3.13. The van der Waals surface area contributed by atoms with E-state index < -0.39 is 17.8 Å². The summed E-state index contributed by atoms with van der Waals surface area (Å²) in [5.41, 5.74) is 0.156. The van der Waals surface area contributed by atoms with E-state index in [1.165, 1.54) is 4.90 Å². The van der Waals surface area contributed by atoms with Crippen LogP contribution in [0.3, 0.4) is 0 Å². The molecule has 1 amide bonds. The monoisotopic (exact) mass is 313 g/mol. The molecule has 1 unspecified atom stereocenters. The van der Waals surface area contributed by atoms with Gasteiger partial charge in [0, 0.05) is 11.1 Å². The molecule has 1 aromatic carbocycles. The lowest BCUT2D eigenvalue weighted by atomic mass is 10.1. The molecule has 0 aliphatic carbocycles. The molecular weight excluding hydrogens is 290 g/mol. The first-order valence-corrected chi connectivity index (χ1v) is 7.41. The molecule has 1 atom stereocenters. The molecule has 21 heavy (non-hydrogen) atoms. The first-order chi connectivity index (χ1) is 9.60. The fourth-order valence-corrected chi connectivity index (χ4v) is 1.92. The van der Waals surface area contributed by atoms with E-state index in [1.54, 1.807) is 24.3 Å². The number of hydrogen-bond acceptors (Lipinski definition) is 3. The van der Waals surface area contributed by atoms with Gasteiger partial charge in [0.15, 0.2) is 0 Å². The van der Waals surface area contributed by atoms with Gasteiger partial charge >= 0.3 is 6.09 Å². The predicted molar refractivity (Wildman–Crippen MR) is 84.5 cm³/mol. The summed E-state index contributed by atoms with van der Waals surface area (Å²) >= 11 is 5.83. The zero-order chi connectivity index (χ0) is 16.2. The van der Waals surface area contributed by atoms with E-state index in [1.807, 2.05) is 34.6 Å². The van der Waals surface area contributed by atoms with Crippen molar-refractivity contribution in [3.63, 3.8) is 0 Å². The van der Waals surface area contributed by atoms with Crippen molar-refractivity contribution in [2.24, 2.45) is 0 Å². The Labute approximate surface area is 131 Å². The Bertz CT molecular complexity index is 465. The number of nitrogens with zero attached hydrogens (tertiary/aromatic N) is 1. The summed E-state index contributed by atoms with van der Waals surface area (Å²) in [7, 11) is 0. The van der Waals surface area contributed by atoms with Crippen molar-refractivity contribution < 1.29 is 14.6 Å². The van der Waals surface area contributed by atoms with Gasteiger partial charge in [0.05, 0.1) is 12.6 Å². The first kappa shape index (κ1) is 17.8. The van der Waals surface area contributed by atoms with Gasteiger partial charge in [0.2, 0.25) is 0 Å².